The fourth-order valence-electron chi connectivity index (χ4n) is 2.86. The van der Waals surface area contributed by atoms with Crippen LogP contribution in [0.25, 0.3) is 5.69 Å². The molecule has 2 aromatic carbocycles. The Morgan fingerprint density at radius 1 is 1.07 bits per heavy atom. The summed E-state index contributed by atoms with van der Waals surface area (Å²) in [6.45, 7) is 5.73. The van der Waals surface area contributed by atoms with Crippen LogP contribution in [0, 0.1) is 20.8 Å². The van der Waals surface area contributed by atoms with Gasteiger partial charge in [0.15, 0.2) is 0 Å². The first kappa shape index (κ1) is 18.8. The van der Waals surface area contributed by atoms with Crippen LogP contribution in [0.4, 0.5) is 8.78 Å². The van der Waals surface area contributed by atoms with Crippen LogP contribution in [0.15, 0.2) is 35.1 Å². The number of tetrazole rings is 1. The quantitative estimate of drug-likeness (QED) is 0.687. The van der Waals surface area contributed by atoms with Gasteiger partial charge < -0.3 is 4.74 Å². The summed E-state index contributed by atoms with van der Waals surface area (Å²) in [6.07, 6.45) is -2.71. The van der Waals surface area contributed by atoms with E-state index in [9.17, 15) is 13.6 Å². The molecule has 8 heteroatoms. The molecule has 6 nitrogen and oxygen atoms in total. The van der Waals surface area contributed by atoms with E-state index in [0.29, 0.717) is 5.75 Å². The Bertz CT molecular complexity index is 1040. The molecule has 3 aromatic rings. The maximum Gasteiger partial charge on any atom is 0.368 e. The standard InChI is InChI=1S/C19H20F2N4O2/c1-11-8-13(3)17(9-12(11)2)27-10-15-14(18(20)21)6-5-7-16(15)25-19(26)24(4)22-23-25/h5-9,18H,10H2,1-4H3. The number of hydrogen-bond acceptors (Lipinski definition) is 4. The molecule has 0 atom stereocenters. The molecule has 0 saturated carbocycles. The third-order valence-corrected chi connectivity index (χ3v) is 4.54. The average Bonchev–Trinajstić information content (AvgIpc) is 2.95. The molecule has 0 fully saturated rings. The van der Waals surface area contributed by atoms with E-state index in [1.54, 1.807) is 6.07 Å². The summed E-state index contributed by atoms with van der Waals surface area (Å²) in [4.78, 5) is 12.2. The van der Waals surface area contributed by atoms with Crippen molar-refractivity contribution >= 4 is 0 Å². The molecular weight excluding hydrogens is 354 g/mol. The fourth-order valence-corrected chi connectivity index (χ4v) is 2.86. The summed E-state index contributed by atoms with van der Waals surface area (Å²) >= 11 is 0. The van der Waals surface area contributed by atoms with Gasteiger partial charge in [0.1, 0.15) is 12.4 Å². The lowest BCUT2D eigenvalue weighted by atomic mass is 10.0. The van der Waals surface area contributed by atoms with Crippen LogP contribution in [-0.4, -0.2) is 19.8 Å². The van der Waals surface area contributed by atoms with Crippen molar-refractivity contribution in [2.24, 2.45) is 7.05 Å². The molecule has 0 unspecified atom stereocenters. The number of aryl methyl sites for hydroxylation is 4. The second-order valence-corrected chi connectivity index (χ2v) is 6.43. The van der Waals surface area contributed by atoms with Crippen LogP contribution in [-0.2, 0) is 13.7 Å². The number of hydrogen-bond donors (Lipinski definition) is 0. The largest absolute Gasteiger partial charge is 0.489 e. The van der Waals surface area contributed by atoms with Crippen molar-refractivity contribution in [2.45, 2.75) is 33.8 Å². The Balaban J connectivity index is 2.05. The first-order chi connectivity index (χ1) is 12.8. The molecule has 142 valence electrons. The molecule has 0 radical (unpaired) electrons. The lowest BCUT2D eigenvalue weighted by Crippen LogP contribution is -2.23. The second-order valence-electron chi connectivity index (χ2n) is 6.43. The second kappa shape index (κ2) is 7.30. The minimum atomic E-state index is -2.71. The van der Waals surface area contributed by atoms with Crippen LogP contribution >= 0.6 is 0 Å². The SMILES string of the molecule is Cc1cc(C)c(OCc2c(C(F)F)cccc2-n2nnn(C)c2=O)cc1C. The zero-order valence-electron chi connectivity index (χ0n) is 15.5. The van der Waals surface area contributed by atoms with Crippen LogP contribution in [0.5, 0.6) is 5.75 Å². The monoisotopic (exact) mass is 374 g/mol. The molecule has 1 heterocycles. The summed E-state index contributed by atoms with van der Waals surface area (Å²) in [5.41, 5.74) is 2.78. The maximum absolute atomic E-state index is 13.6. The minimum Gasteiger partial charge on any atom is -0.489 e. The maximum atomic E-state index is 13.6. The van der Waals surface area contributed by atoms with Crippen molar-refractivity contribution in [3.63, 3.8) is 0 Å². The Hall–Kier alpha value is -3.03. The number of benzene rings is 2. The van der Waals surface area contributed by atoms with Crippen molar-refractivity contribution in [2.75, 3.05) is 0 Å². The van der Waals surface area contributed by atoms with E-state index in [-0.39, 0.29) is 23.4 Å². The smallest absolute Gasteiger partial charge is 0.368 e. The van der Waals surface area contributed by atoms with Gasteiger partial charge in [-0.15, -0.1) is 0 Å². The van der Waals surface area contributed by atoms with E-state index in [1.165, 1.54) is 19.2 Å². The summed E-state index contributed by atoms with van der Waals surface area (Å²) in [7, 11) is 1.44. The molecule has 1 aromatic heterocycles. The molecule has 0 bridgehead atoms. The van der Waals surface area contributed by atoms with Crippen molar-refractivity contribution in [3.05, 3.63) is 68.6 Å². The van der Waals surface area contributed by atoms with E-state index in [1.807, 2.05) is 32.9 Å². The topological polar surface area (TPSA) is 61.9 Å². The van der Waals surface area contributed by atoms with E-state index >= 15 is 0 Å². The van der Waals surface area contributed by atoms with Gasteiger partial charge in [-0.3, -0.25) is 0 Å². The van der Waals surface area contributed by atoms with E-state index in [2.05, 4.69) is 10.4 Å². The molecule has 0 N–H and O–H groups in total. The minimum absolute atomic E-state index is 0.123. The molecule has 0 saturated heterocycles. The predicted molar refractivity (Wildman–Crippen MR) is 96.5 cm³/mol. The third-order valence-electron chi connectivity index (χ3n) is 4.54. The van der Waals surface area contributed by atoms with Crippen molar-refractivity contribution in [1.29, 1.82) is 0 Å². The van der Waals surface area contributed by atoms with Crippen LogP contribution in [0.3, 0.4) is 0 Å². The molecule has 0 spiro atoms. The highest BCUT2D eigenvalue weighted by atomic mass is 19.3. The normalized spacial score (nSPS) is 11.2. The highest BCUT2D eigenvalue weighted by molar-refractivity contribution is 5.46. The molecule has 0 amide bonds. The summed E-state index contributed by atoms with van der Waals surface area (Å²) in [6, 6.07) is 8.19. The highest BCUT2D eigenvalue weighted by Crippen LogP contribution is 2.29. The Kier molecular flexibility index (Phi) is 5.07. The van der Waals surface area contributed by atoms with Gasteiger partial charge in [0.25, 0.3) is 6.43 Å². The van der Waals surface area contributed by atoms with Crippen molar-refractivity contribution in [1.82, 2.24) is 19.8 Å². The van der Waals surface area contributed by atoms with Gasteiger partial charge in [-0.1, -0.05) is 18.2 Å². The van der Waals surface area contributed by atoms with Gasteiger partial charge in [0, 0.05) is 18.2 Å². The van der Waals surface area contributed by atoms with Gasteiger partial charge in [-0.05, 0) is 60.0 Å². The van der Waals surface area contributed by atoms with Crippen molar-refractivity contribution < 1.29 is 13.5 Å². The number of nitrogens with zero attached hydrogens (tertiary/aromatic N) is 4. The molecule has 0 aliphatic heterocycles. The van der Waals surface area contributed by atoms with E-state index in [0.717, 1.165) is 26.1 Å². The van der Waals surface area contributed by atoms with E-state index < -0.39 is 12.1 Å². The number of aromatic nitrogens is 4. The van der Waals surface area contributed by atoms with E-state index in [4.69, 9.17) is 4.74 Å². The Morgan fingerprint density at radius 2 is 1.78 bits per heavy atom. The Labute approximate surface area is 155 Å². The van der Waals surface area contributed by atoms with Gasteiger partial charge in [-0.25, -0.2) is 13.6 Å². The van der Waals surface area contributed by atoms with Gasteiger partial charge in [0.2, 0.25) is 0 Å². The molecule has 27 heavy (non-hydrogen) atoms. The number of alkyl halides is 2. The third kappa shape index (κ3) is 3.60. The lowest BCUT2D eigenvalue weighted by Gasteiger charge is -2.16. The summed E-state index contributed by atoms with van der Waals surface area (Å²) < 4.78 is 35.0. The molecule has 3 rings (SSSR count). The van der Waals surface area contributed by atoms with Gasteiger partial charge in [-0.2, -0.15) is 9.36 Å². The van der Waals surface area contributed by atoms with Crippen LogP contribution < -0.4 is 10.4 Å². The zero-order valence-corrected chi connectivity index (χ0v) is 15.5. The molecule has 0 aliphatic rings. The lowest BCUT2D eigenvalue weighted by molar-refractivity contribution is 0.148. The summed E-state index contributed by atoms with van der Waals surface area (Å²) in [5, 5.41) is 7.41. The summed E-state index contributed by atoms with van der Waals surface area (Å²) in [5.74, 6) is 0.611. The number of halogens is 2. The Morgan fingerprint density at radius 3 is 2.41 bits per heavy atom. The number of ether oxygens (including phenoxy) is 1. The fraction of sp³-hybridized carbons (Fsp3) is 0.316. The first-order valence-corrected chi connectivity index (χ1v) is 8.39. The average molecular weight is 374 g/mol. The van der Waals surface area contributed by atoms with Crippen LogP contribution in [0.2, 0.25) is 0 Å². The number of rotatable bonds is 5. The van der Waals surface area contributed by atoms with Gasteiger partial charge in [0.05, 0.1) is 5.69 Å². The predicted octanol–water partition coefficient (Wildman–Crippen LogP) is 3.41. The first-order valence-electron chi connectivity index (χ1n) is 8.39. The van der Waals surface area contributed by atoms with Gasteiger partial charge >= 0.3 is 5.69 Å². The van der Waals surface area contributed by atoms with Crippen molar-refractivity contribution in [3.8, 4) is 11.4 Å². The molecular formula is C19H20F2N4O2. The van der Waals surface area contributed by atoms with Crippen LogP contribution in [0.1, 0.15) is 34.2 Å². The molecule has 0 aliphatic carbocycles. The highest BCUT2D eigenvalue weighted by Gasteiger charge is 2.20. The zero-order chi connectivity index (χ0) is 19.7.